The molecule has 23 heavy (non-hydrogen) atoms. The van der Waals surface area contributed by atoms with E-state index in [2.05, 4.69) is 4.98 Å². The molecular weight excluding hydrogens is 335 g/mol. The minimum absolute atomic E-state index is 0.449. The van der Waals surface area contributed by atoms with Crippen LogP contribution in [0.3, 0.4) is 0 Å². The Labute approximate surface area is 142 Å². The van der Waals surface area contributed by atoms with Crippen LogP contribution in [0.5, 0.6) is 0 Å². The van der Waals surface area contributed by atoms with Gasteiger partial charge in [-0.15, -0.1) is 0 Å². The summed E-state index contributed by atoms with van der Waals surface area (Å²) in [5, 5.41) is 9.96. The van der Waals surface area contributed by atoms with Crippen molar-refractivity contribution in [2.75, 3.05) is 0 Å². The number of carbonyl (C=O) groups is 1. The molecule has 0 fully saturated rings. The van der Waals surface area contributed by atoms with Crippen LogP contribution in [-0.4, -0.2) is 20.5 Å². The summed E-state index contributed by atoms with van der Waals surface area (Å²) in [6.45, 7) is 0. The first kappa shape index (κ1) is 15.6. The molecule has 0 unspecified atom stereocenters. The van der Waals surface area contributed by atoms with Crippen molar-refractivity contribution >= 4 is 40.8 Å². The first-order valence-electron chi connectivity index (χ1n) is 6.86. The van der Waals surface area contributed by atoms with Crippen LogP contribution in [0.1, 0.15) is 17.1 Å². The number of aliphatic carboxylic acids is 1. The summed E-state index contributed by atoms with van der Waals surface area (Å²) in [6, 6.07) is 11.0. The first-order valence-corrected chi connectivity index (χ1v) is 7.61. The van der Waals surface area contributed by atoms with E-state index in [0.717, 1.165) is 23.0 Å². The van der Waals surface area contributed by atoms with Crippen LogP contribution in [0, 0.1) is 0 Å². The lowest BCUT2D eigenvalue weighted by Gasteiger charge is -2.06. The van der Waals surface area contributed by atoms with E-state index in [9.17, 15) is 4.79 Å². The standard InChI is InChI=1S/C17H12Cl2N2O2/c18-12-4-3-5-13(19)11(12)10-16-20-14(7-8-17(22)23)15-6-1-2-9-21(15)16/h1-9H,10H2,(H,22,23)/b8-7+. The second-order valence-electron chi connectivity index (χ2n) is 4.92. The Bertz CT molecular complexity index is 896. The van der Waals surface area contributed by atoms with E-state index >= 15 is 0 Å². The number of rotatable bonds is 4. The number of carboxylic acid groups (broad SMARTS) is 1. The van der Waals surface area contributed by atoms with Gasteiger partial charge < -0.3 is 9.51 Å². The number of carboxylic acids is 1. The van der Waals surface area contributed by atoms with Crippen molar-refractivity contribution in [2.24, 2.45) is 0 Å². The molecule has 2 heterocycles. The molecule has 1 aromatic carbocycles. The molecular formula is C17H12Cl2N2O2. The van der Waals surface area contributed by atoms with Crippen molar-refractivity contribution in [1.82, 2.24) is 9.38 Å². The number of hydrogen-bond donors (Lipinski definition) is 1. The molecule has 0 aliphatic heterocycles. The molecule has 4 nitrogen and oxygen atoms in total. The number of imidazole rings is 1. The molecule has 0 saturated heterocycles. The number of aromatic nitrogens is 2. The number of fused-ring (bicyclic) bond motifs is 1. The highest BCUT2D eigenvalue weighted by Gasteiger charge is 2.13. The van der Waals surface area contributed by atoms with E-state index in [1.54, 1.807) is 18.2 Å². The van der Waals surface area contributed by atoms with Crippen molar-refractivity contribution in [3.8, 4) is 0 Å². The number of hydrogen-bond acceptors (Lipinski definition) is 2. The van der Waals surface area contributed by atoms with Gasteiger partial charge in [-0.3, -0.25) is 0 Å². The smallest absolute Gasteiger partial charge is 0.328 e. The molecule has 6 heteroatoms. The summed E-state index contributed by atoms with van der Waals surface area (Å²) in [4.78, 5) is 15.3. The fourth-order valence-corrected chi connectivity index (χ4v) is 2.92. The summed E-state index contributed by atoms with van der Waals surface area (Å²) < 4.78 is 1.90. The second kappa shape index (κ2) is 6.44. The third kappa shape index (κ3) is 3.23. The average molecular weight is 347 g/mol. The Morgan fingerprint density at radius 1 is 1.17 bits per heavy atom. The highest BCUT2D eigenvalue weighted by atomic mass is 35.5. The van der Waals surface area contributed by atoms with Crippen LogP contribution in [-0.2, 0) is 11.2 Å². The van der Waals surface area contributed by atoms with Gasteiger partial charge in [-0.05, 0) is 35.9 Å². The highest BCUT2D eigenvalue weighted by molar-refractivity contribution is 6.36. The zero-order valence-electron chi connectivity index (χ0n) is 11.9. The molecule has 0 bridgehead atoms. The minimum Gasteiger partial charge on any atom is -0.478 e. The van der Waals surface area contributed by atoms with Crippen molar-refractivity contribution in [3.63, 3.8) is 0 Å². The molecule has 0 radical (unpaired) electrons. The van der Waals surface area contributed by atoms with Crippen molar-refractivity contribution < 1.29 is 9.90 Å². The Hall–Kier alpha value is -2.30. The van der Waals surface area contributed by atoms with Crippen LogP contribution < -0.4 is 0 Å². The molecule has 2 aromatic heterocycles. The summed E-state index contributed by atoms with van der Waals surface area (Å²) in [5.74, 6) is -0.279. The fraction of sp³-hybridized carbons (Fsp3) is 0.0588. The maximum Gasteiger partial charge on any atom is 0.328 e. The lowest BCUT2D eigenvalue weighted by atomic mass is 10.1. The molecule has 116 valence electrons. The van der Waals surface area contributed by atoms with Crippen LogP contribution in [0.2, 0.25) is 10.0 Å². The molecule has 0 aliphatic carbocycles. The number of nitrogens with zero attached hydrogens (tertiary/aromatic N) is 2. The minimum atomic E-state index is -1.02. The lowest BCUT2D eigenvalue weighted by Crippen LogP contribution is -1.97. The van der Waals surface area contributed by atoms with E-state index in [1.165, 1.54) is 6.08 Å². The van der Waals surface area contributed by atoms with Crippen LogP contribution >= 0.6 is 23.2 Å². The van der Waals surface area contributed by atoms with Gasteiger partial charge in [0, 0.05) is 28.7 Å². The van der Waals surface area contributed by atoms with Crippen molar-refractivity contribution in [3.05, 3.63) is 75.8 Å². The summed E-state index contributed by atoms with van der Waals surface area (Å²) >= 11 is 12.5. The number of halogens is 2. The normalized spacial score (nSPS) is 11.4. The fourth-order valence-electron chi connectivity index (χ4n) is 2.38. The SMILES string of the molecule is O=C(O)/C=C/c1nc(Cc2c(Cl)cccc2Cl)n2ccccc12. The highest BCUT2D eigenvalue weighted by Crippen LogP contribution is 2.27. The van der Waals surface area contributed by atoms with Gasteiger partial charge in [0.15, 0.2) is 0 Å². The summed E-state index contributed by atoms with van der Waals surface area (Å²) in [5.41, 5.74) is 2.20. The van der Waals surface area contributed by atoms with E-state index in [4.69, 9.17) is 28.3 Å². The lowest BCUT2D eigenvalue weighted by molar-refractivity contribution is -0.131. The monoisotopic (exact) mass is 346 g/mol. The average Bonchev–Trinajstić information content (AvgIpc) is 2.87. The Morgan fingerprint density at radius 3 is 2.61 bits per heavy atom. The predicted octanol–water partition coefficient (Wildman–Crippen LogP) is 4.33. The van der Waals surface area contributed by atoms with Gasteiger partial charge in [0.25, 0.3) is 0 Å². The molecule has 3 rings (SSSR count). The molecule has 0 saturated carbocycles. The van der Waals surface area contributed by atoms with E-state index in [1.807, 2.05) is 28.8 Å². The van der Waals surface area contributed by atoms with E-state index < -0.39 is 5.97 Å². The summed E-state index contributed by atoms with van der Waals surface area (Å²) in [7, 11) is 0. The molecule has 0 aliphatic rings. The van der Waals surface area contributed by atoms with Gasteiger partial charge in [-0.1, -0.05) is 35.3 Å². The Kier molecular flexibility index (Phi) is 4.37. The second-order valence-corrected chi connectivity index (χ2v) is 5.73. The van der Waals surface area contributed by atoms with Crippen LogP contribution in [0.25, 0.3) is 11.6 Å². The van der Waals surface area contributed by atoms with E-state index in [-0.39, 0.29) is 0 Å². The zero-order valence-corrected chi connectivity index (χ0v) is 13.4. The summed E-state index contributed by atoms with van der Waals surface area (Å²) in [6.07, 6.45) is 4.88. The maximum atomic E-state index is 10.7. The molecule has 3 aromatic rings. The number of pyridine rings is 1. The largest absolute Gasteiger partial charge is 0.478 e. The number of benzene rings is 1. The predicted molar refractivity (Wildman–Crippen MR) is 91.1 cm³/mol. The molecule has 1 N–H and O–H groups in total. The van der Waals surface area contributed by atoms with Crippen molar-refractivity contribution in [2.45, 2.75) is 6.42 Å². The van der Waals surface area contributed by atoms with Gasteiger partial charge in [-0.2, -0.15) is 0 Å². The Morgan fingerprint density at radius 2 is 1.91 bits per heavy atom. The van der Waals surface area contributed by atoms with Gasteiger partial charge in [0.1, 0.15) is 5.82 Å². The van der Waals surface area contributed by atoms with E-state index in [0.29, 0.717) is 22.2 Å². The quantitative estimate of drug-likeness (QED) is 0.715. The van der Waals surface area contributed by atoms with Gasteiger partial charge in [0.2, 0.25) is 0 Å². The van der Waals surface area contributed by atoms with Crippen LogP contribution in [0.4, 0.5) is 0 Å². The molecule has 0 amide bonds. The topological polar surface area (TPSA) is 54.6 Å². The maximum absolute atomic E-state index is 10.7. The van der Waals surface area contributed by atoms with Crippen molar-refractivity contribution in [1.29, 1.82) is 0 Å². The zero-order chi connectivity index (χ0) is 16.4. The first-order chi connectivity index (χ1) is 11.1. The van der Waals surface area contributed by atoms with Crippen LogP contribution in [0.15, 0.2) is 48.7 Å². The Balaban J connectivity index is 2.09. The van der Waals surface area contributed by atoms with Gasteiger partial charge >= 0.3 is 5.97 Å². The van der Waals surface area contributed by atoms with Gasteiger partial charge in [0.05, 0.1) is 11.2 Å². The third-order valence-corrected chi connectivity index (χ3v) is 4.14. The molecule has 0 spiro atoms. The third-order valence-electron chi connectivity index (χ3n) is 3.43. The molecule has 0 atom stereocenters. The van der Waals surface area contributed by atoms with Gasteiger partial charge in [-0.25, -0.2) is 9.78 Å².